The van der Waals surface area contributed by atoms with E-state index in [1.807, 2.05) is 6.07 Å². The molecule has 1 fully saturated rings. The molecule has 0 saturated heterocycles. The molecular formula is C17H14N4O6. The Morgan fingerprint density at radius 1 is 1.33 bits per heavy atom. The van der Waals surface area contributed by atoms with E-state index in [-0.39, 0.29) is 37.2 Å². The third-order valence-electron chi connectivity index (χ3n) is 4.57. The van der Waals surface area contributed by atoms with Crippen LogP contribution in [0.4, 0.5) is 5.69 Å². The minimum Gasteiger partial charge on any atom is -0.467 e. The molecule has 1 aromatic heterocycles. The molecule has 2 aromatic rings. The van der Waals surface area contributed by atoms with Gasteiger partial charge < -0.3 is 9.47 Å². The van der Waals surface area contributed by atoms with Crippen molar-refractivity contribution in [1.29, 1.82) is 5.26 Å². The van der Waals surface area contributed by atoms with Crippen molar-refractivity contribution in [2.75, 3.05) is 6.79 Å². The first-order valence-corrected chi connectivity index (χ1v) is 8.26. The van der Waals surface area contributed by atoms with Gasteiger partial charge in [-0.3, -0.25) is 24.0 Å². The van der Waals surface area contributed by atoms with Gasteiger partial charge in [-0.2, -0.15) is 5.26 Å². The Labute approximate surface area is 151 Å². The number of aromatic nitrogens is 2. The molecule has 0 spiro atoms. The van der Waals surface area contributed by atoms with Crippen molar-refractivity contribution in [3.05, 3.63) is 66.0 Å². The molecule has 0 unspecified atom stereocenters. The summed E-state index contributed by atoms with van der Waals surface area (Å²) in [6, 6.07) is 4.40. The lowest BCUT2D eigenvalue weighted by Gasteiger charge is -2.21. The largest absolute Gasteiger partial charge is 0.467 e. The first kappa shape index (κ1) is 17.0. The van der Waals surface area contributed by atoms with Crippen LogP contribution in [0.2, 0.25) is 0 Å². The molecule has 10 nitrogen and oxygen atoms in total. The van der Waals surface area contributed by atoms with Gasteiger partial charge in [0.15, 0.2) is 6.79 Å². The Morgan fingerprint density at radius 3 is 2.78 bits per heavy atom. The molecule has 10 heteroatoms. The number of nitro groups is 1. The topological polar surface area (TPSA) is 129 Å². The third kappa shape index (κ3) is 2.98. The molecule has 0 bridgehead atoms. The van der Waals surface area contributed by atoms with Crippen LogP contribution < -0.4 is 16.0 Å². The Bertz CT molecular complexity index is 1110. The Balaban J connectivity index is 1.88. The lowest BCUT2D eigenvalue weighted by Crippen LogP contribution is -2.41. The summed E-state index contributed by atoms with van der Waals surface area (Å²) in [4.78, 5) is 35.9. The summed E-state index contributed by atoms with van der Waals surface area (Å²) >= 11 is 0. The average Bonchev–Trinajstić information content (AvgIpc) is 3.50. The standard InChI is InChI=1S/C17H14N4O6/c18-5-12-7-19(13-1-2-13)17(23)20(16(12)22)6-10-3-14(21(24)25)4-11-8-26-9-27-15(10)11/h3-4,7,13H,1-2,6,8-9H2. The predicted octanol–water partition coefficient (Wildman–Crippen LogP) is 1.04. The molecule has 0 N–H and O–H groups in total. The fourth-order valence-corrected chi connectivity index (χ4v) is 3.13. The van der Waals surface area contributed by atoms with Crippen molar-refractivity contribution in [2.24, 2.45) is 0 Å². The maximum Gasteiger partial charge on any atom is 0.331 e. The quantitative estimate of drug-likeness (QED) is 0.580. The summed E-state index contributed by atoms with van der Waals surface area (Å²) in [6.07, 6.45) is 2.89. The van der Waals surface area contributed by atoms with Gasteiger partial charge in [0.1, 0.15) is 17.4 Å². The molecule has 0 amide bonds. The van der Waals surface area contributed by atoms with Crippen LogP contribution in [-0.2, 0) is 17.9 Å². The second-order valence-electron chi connectivity index (χ2n) is 6.43. The predicted molar refractivity (Wildman–Crippen MR) is 90.4 cm³/mol. The van der Waals surface area contributed by atoms with Crippen molar-refractivity contribution < 1.29 is 14.4 Å². The van der Waals surface area contributed by atoms with Crippen LogP contribution in [0.15, 0.2) is 27.9 Å². The zero-order chi connectivity index (χ0) is 19.1. The number of fused-ring (bicyclic) bond motifs is 1. The van der Waals surface area contributed by atoms with E-state index in [4.69, 9.17) is 9.47 Å². The van der Waals surface area contributed by atoms with Crippen molar-refractivity contribution in [3.8, 4) is 11.8 Å². The second-order valence-corrected chi connectivity index (χ2v) is 6.43. The summed E-state index contributed by atoms with van der Waals surface area (Å²) in [5, 5.41) is 20.5. The van der Waals surface area contributed by atoms with Gasteiger partial charge in [-0.1, -0.05) is 0 Å². The lowest BCUT2D eigenvalue weighted by molar-refractivity contribution is -0.385. The van der Waals surface area contributed by atoms with Gasteiger partial charge in [0.25, 0.3) is 11.2 Å². The lowest BCUT2D eigenvalue weighted by atomic mass is 10.1. The van der Waals surface area contributed by atoms with Crippen LogP contribution in [0, 0.1) is 21.4 Å². The molecule has 138 valence electrons. The average molecular weight is 370 g/mol. The van der Waals surface area contributed by atoms with E-state index in [9.17, 15) is 25.0 Å². The van der Waals surface area contributed by atoms with Crippen molar-refractivity contribution >= 4 is 5.69 Å². The monoisotopic (exact) mass is 370 g/mol. The highest BCUT2D eigenvalue weighted by Gasteiger charge is 2.28. The molecule has 4 rings (SSSR count). The highest BCUT2D eigenvalue weighted by atomic mass is 16.7. The van der Waals surface area contributed by atoms with Crippen molar-refractivity contribution in [1.82, 2.24) is 9.13 Å². The number of hydrogen-bond donors (Lipinski definition) is 0. The number of ether oxygens (including phenoxy) is 2. The van der Waals surface area contributed by atoms with Gasteiger partial charge >= 0.3 is 5.69 Å². The fourth-order valence-electron chi connectivity index (χ4n) is 3.13. The summed E-state index contributed by atoms with van der Waals surface area (Å²) in [5.41, 5.74) is -0.827. The maximum absolute atomic E-state index is 12.7. The van der Waals surface area contributed by atoms with Crippen molar-refractivity contribution in [2.45, 2.75) is 32.0 Å². The number of nitro benzene ring substituents is 1. The van der Waals surface area contributed by atoms with Crippen LogP contribution in [0.5, 0.6) is 5.75 Å². The van der Waals surface area contributed by atoms with Gasteiger partial charge in [-0.05, 0) is 12.8 Å². The molecule has 27 heavy (non-hydrogen) atoms. The van der Waals surface area contributed by atoms with E-state index in [1.54, 1.807) is 0 Å². The maximum atomic E-state index is 12.7. The zero-order valence-corrected chi connectivity index (χ0v) is 14.1. The molecule has 0 atom stereocenters. The first-order valence-electron chi connectivity index (χ1n) is 8.26. The van der Waals surface area contributed by atoms with Crippen molar-refractivity contribution in [3.63, 3.8) is 0 Å². The first-order chi connectivity index (χ1) is 13.0. The van der Waals surface area contributed by atoms with E-state index >= 15 is 0 Å². The SMILES string of the molecule is N#Cc1cn(C2CC2)c(=O)n(Cc2cc([N+](=O)[O-])cc3c2OCOC3)c1=O. The molecular weight excluding hydrogens is 356 g/mol. The minimum absolute atomic E-state index is 0.0277. The fraction of sp³-hybridized carbons (Fsp3) is 0.353. The van der Waals surface area contributed by atoms with Gasteiger partial charge in [-0.25, -0.2) is 4.79 Å². The Hall–Kier alpha value is -3.45. The molecule has 2 aliphatic rings. The van der Waals surface area contributed by atoms with Gasteiger partial charge in [0.2, 0.25) is 0 Å². The highest BCUT2D eigenvalue weighted by molar-refractivity contribution is 5.50. The Kier molecular flexibility index (Phi) is 4.01. The van der Waals surface area contributed by atoms with Crippen LogP contribution in [0.1, 0.15) is 35.6 Å². The van der Waals surface area contributed by atoms with Gasteiger partial charge in [0.05, 0.1) is 18.1 Å². The minimum atomic E-state index is -0.730. The number of benzene rings is 1. The van der Waals surface area contributed by atoms with Gasteiger partial charge in [0, 0.05) is 35.5 Å². The summed E-state index contributed by atoms with van der Waals surface area (Å²) in [5.74, 6) is 0.360. The second kappa shape index (κ2) is 6.37. The smallest absolute Gasteiger partial charge is 0.331 e. The van der Waals surface area contributed by atoms with E-state index < -0.39 is 16.2 Å². The molecule has 1 aliphatic carbocycles. The summed E-state index contributed by atoms with van der Waals surface area (Å²) < 4.78 is 12.9. The van der Waals surface area contributed by atoms with Crippen LogP contribution >= 0.6 is 0 Å². The van der Waals surface area contributed by atoms with E-state index in [0.29, 0.717) is 16.9 Å². The normalized spacial score (nSPS) is 15.5. The summed E-state index contributed by atoms with van der Waals surface area (Å²) in [6.45, 7) is -0.134. The molecule has 2 heterocycles. The number of rotatable bonds is 4. The third-order valence-corrected chi connectivity index (χ3v) is 4.57. The molecule has 1 saturated carbocycles. The van der Waals surface area contributed by atoms with E-state index in [2.05, 4.69) is 0 Å². The molecule has 1 aromatic carbocycles. The number of non-ortho nitro benzene ring substituents is 1. The zero-order valence-electron chi connectivity index (χ0n) is 14.1. The van der Waals surface area contributed by atoms with Crippen LogP contribution in [-0.4, -0.2) is 20.9 Å². The van der Waals surface area contributed by atoms with E-state index in [1.165, 1.54) is 22.9 Å². The Morgan fingerprint density at radius 2 is 2.11 bits per heavy atom. The number of nitrogens with zero attached hydrogens (tertiary/aromatic N) is 4. The number of hydrogen-bond acceptors (Lipinski definition) is 7. The van der Waals surface area contributed by atoms with E-state index in [0.717, 1.165) is 17.4 Å². The molecule has 0 radical (unpaired) electrons. The molecule has 1 aliphatic heterocycles. The van der Waals surface area contributed by atoms with Gasteiger partial charge in [-0.15, -0.1) is 0 Å². The number of nitriles is 1. The highest BCUT2D eigenvalue weighted by Crippen LogP contribution is 2.34. The van der Waals surface area contributed by atoms with Crippen LogP contribution in [0.3, 0.4) is 0 Å². The summed E-state index contributed by atoms with van der Waals surface area (Å²) in [7, 11) is 0. The van der Waals surface area contributed by atoms with Crippen LogP contribution in [0.25, 0.3) is 0 Å².